The van der Waals surface area contributed by atoms with Crippen molar-refractivity contribution in [2.24, 2.45) is 5.92 Å². The van der Waals surface area contributed by atoms with Crippen molar-refractivity contribution in [3.63, 3.8) is 0 Å². The van der Waals surface area contributed by atoms with Crippen LogP contribution in [0.25, 0.3) is 0 Å². The van der Waals surface area contributed by atoms with Gasteiger partial charge in [0.2, 0.25) is 0 Å². The molecule has 1 unspecified atom stereocenters. The first-order chi connectivity index (χ1) is 12.4. The van der Waals surface area contributed by atoms with Crippen LogP contribution >= 0.6 is 0 Å². The minimum Gasteiger partial charge on any atom is -0.388 e. The van der Waals surface area contributed by atoms with Gasteiger partial charge in [-0.25, -0.2) is 0 Å². The van der Waals surface area contributed by atoms with Gasteiger partial charge in [0.05, 0.1) is 0 Å². The molecule has 136 valence electrons. The lowest BCUT2D eigenvalue weighted by Crippen LogP contribution is -2.13. The van der Waals surface area contributed by atoms with Crippen LogP contribution in [0.5, 0.6) is 0 Å². The second kappa shape index (κ2) is 8.52. The fourth-order valence-corrected chi connectivity index (χ4v) is 3.01. The van der Waals surface area contributed by atoms with Crippen molar-refractivity contribution < 1.29 is 19.2 Å². The Kier molecular flexibility index (Phi) is 6.39. The molecule has 1 saturated carbocycles. The van der Waals surface area contributed by atoms with Crippen LogP contribution in [0.1, 0.15) is 53.8 Å². The third-order valence-electron chi connectivity index (χ3n) is 4.56. The van der Waals surface area contributed by atoms with E-state index >= 15 is 0 Å². The molecule has 1 aliphatic rings. The van der Waals surface area contributed by atoms with E-state index < -0.39 is 5.92 Å². The zero-order valence-corrected chi connectivity index (χ0v) is 15.3. The van der Waals surface area contributed by atoms with Crippen molar-refractivity contribution in [1.82, 2.24) is 0 Å². The van der Waals surface area contributed by atoms with Crippen molar-refractivity contribution in [2.45, 2.75) is 33.1 Å². The number of allylic oxidation sites excluding steroid dienone is 4. The molecule has 0 aromatic heterocycles. The highest BCUT2D eigenvalue weighted by Gasteiger charge is 2.26. The van der Waals surface area contributed by atoms with Gasteiger partial charge in [-0.2, -0.15) is 0 Å². The highest BCUT2D eigenvalue weighted by Crippen LogP contribution is 2.24. The molecule has 0 radical (unpaired) electrons. The Balaban J connectivity index is 2.30. The van der Waals surface area contributed by atoms with Gasteiger partial charge in [-0.3, -0.25) is 19.2 Å². The summed E-state index contributed by atoms with van der Waals surface area (Å²) >= 11 is 0. The topological polar surface area (TPSA) is 80.3 Å². The molecule has 0 bridgehead atoms. The Morgan fingerprint density at radius 2 is 1.92 bits per heavy atom. The van der Waals surface area contributed by atoms with E-state index in [4.69, 9.17) is 0 Å². The number of carbonyl (C=O) groups excluding carboxylic acids is 4. The fraction of sp³-hybridized carbons (Fsp3) is 0.333. The Morgan fingerprint density at radius 1 is 1.19 bits per heavy atom. The van der Waals surface area contributed by atoms with E-state index in [0.29, 0.717) is 29.5 Å². The summed E-state index contributed by atoms with van der Waals surface area (Å²) < 4.78 is 0. The van der Waals surface area contributed by atoms with Crippen molar-refractivity contribution in [3.8, 4) is 0 Å². The van der Waals surface area contributed by atoms with Gasteiger partial charge in [0.1, 0.15) is 5.78 Å². The standard InChI is InChI=1S/C21H23NO4/c1-4-14-11-17(24)8-5-15(21(14)26)6-10-20(25)19-12-16(22-3)7-9-18(19)13(2)23/h4,6-7,9-10,12,15,22H,5,8,11H2,1-3H3/b10-6+,14-4-. The van der Waals surface area contributed by atoms with Gasteiger partial charge < -0.3 is 5.32 Å². The molecule has 1 aromatic carbocycles. The van der Waals surface area contributed by atoms with E-state index in [0.717, 1.165) is 5.69 Å². The van der Waals surface area contributed by atoms with E-state index in [2.05, 4.69) is 5.32 Å². The minimum absolute atomic E-state index is 0.0364. The average molecular weight is 353 g/mol. The molecule has 5 nitrogen and oxygen atoms in total. The zero-order chi connectivity index (χ0) is 19.3. The summed E-state index contributed by atoms with van der Waals surface area (Å²) in [6.45, 7) is 3.15. The third kappa shape index (κ3) is 4.42. The van der Waals surface area contributed by atoms with Crippen molar-refractivity contribution >= 4 is 28.8 Å². The molecule has 1 atom stereocenters. The summed E-state index contributed by atoms with van der Waals surface area (Å²) in [6, 6.07) is 4.97. The second-order valence-electron chi connectivity index (χ2n) is 6.33. The highest BCUT2D eigenvalue weighted by atomic mass is 16.1. The van der Waals surface area contributed by atoms with Crippen molar-refractivity contribution in [1.29, 1.82) is 0 Å². The highest BCUT2D eigenvalue weighted by molar-refractivity contribution is 6.13. The number of rotatable bonds is 5. The number of hydrogen-bond acceptors (Lipinski definition) is 5. The monoisotopic (exact) mass is 353 g/mol. The first-order valence-corrected chi connectivity index (χ1v) is 8.63. The summed E-state index contributed by atoms with van der Waals surface area (Å²) in [5.74, 6) is -1.10. The van der Waals surface area contributed by atoms with Crippen LogP contribution in [0, 0.1) is 5.92 Å². The van der Waals surface area contributed by atoms with Gasteiger partial charge in [0, 0.05) is 42.6 Å². The lowest BCUT2D eigenvalue weighted by molar-refractivity contribution is -0.119. The number of benzene rings is 1. The van der Waals surface area contributed by atoms with Crippen LogP contribution in [0.15, 0.2) is 42.0 Å². The Bertz CT molecular complexity index is 817. The molecule has 26 heavy (non-hydrogen) atoms. The van der Waals surface area contributed by atoms with Gasteiger partial charge in [-0.15, -0.1) is 0 Å². The van der Waals surface area contributed by atoms with Crippen LogP contribution in [0.3, 0.4) is 0 Å². The number of hydrogen-bond donors (Lipinski definition) is 1. The predicted octanol–water partition coefficient (Wildman–Crippen LogP) is 3.55. The normalized spacial score (nSPS) is 19.7. The molecule has 0 spiro atoms. The quantitative estimate of drug-likeness (QED) is 0.497. The smallest absolute Gasteiger partial charge is 0.186 e. The number of anilines is 1. The van der Waals surface area contributed by atoms with Crippen LogP contribution in [-0.2, 0) is 9.59 Å². The molecule has 0 heterocycles. The molecule has 5 heteroatoms. The largest absolute Gasteiger partial charge is 0.388 e. The molecule has 0 saturated heterocycles. The van der Waals surface area contributed by atoms with Gasteiger partial charge in [0.25, 0.3) is 0 Å². The molecule has 1 aromatic rings. The summed E-state index contributed by atoms with van der Waals surface area (Å²) in [5.41, 5.74) is 1.86. The van der Waals surface area contributed by atoms with Crippen LogP contribution in [0.2, 0.25) is 0 Å². The maximum absolute atomic E-state index is 12.6. The number of ketones is 4. The summed E-state index contributed by atoms with van der Waals surface area (Å²) in [6.07, 6.45) is 5.44. The van der Waals surface area contributed by atoms with E-state index in [1.54, 1.807) is 44.3 Å². The second-order valence-corrected chi connectivity index (χ2v) is 6.33. The Morgan fingerprint density at radius 3 is 2.54 bits per heavy atom. The zero-order valence-electron chi connectivity index (χ0n) is 15.3. The summed E-state index contributed by atoms with van der Waals surface area (Å²) in [5, 5.41) is 2.94. The lowest BCUT2D eigenvalue weighted by Gasteiger charge is -2.09. The number of Topliss-reactive ketones (excluding diaryl/α,β-unsaturated/α-hetero) is 3. The van der Waals surface area contributed by atoms with Crippen LogP contribution in [0.4, 0.5) is 5.69 Å². The van der Waals surface area contributed by atoms with E-state index in [1.165, 1.54) is 13.0 Å². The lowest BCUT2D eigenvalue weighted by atomic mass is 9.93. The van der Waals surface area contributed by atoms with Gasteiger partial charge >= 0.3 is 0 Å². The molecule has 1 N–H and O–H groups in total. The van der Waals surface area contributed by atoms with Gasteiger partial charge in [0.15, 0.2) is 17.3 Å². The Labute approximate surface area is 153 Å². The molecule has 0 aliphatic heterocycles. The van der Waals surface area contributed by atoms with Gasteiger partial charge in [-0.1, -0.05) is 12.2 Å². The molecule has 1 aliphatic carbocycles. The third-order valence-corrected chi connectivity index (χ3v) is 4.56. The molecule has 2 rings (SSSR count). The van der Waals surface area contributed by atoms with E-state index in [-0.39, 0.29) is 29.6 Å². The molecular formula is C21H23NO4. The Hall–Kier alpha value is -2.82. The van der Waals surface area contributed by atoms with Crippen molar-refractivity contribution in [2.75, 3.05) is 12.4 Å². The molecular weight excluding hydrogens is 330 g/mol. The first-order valence-electron chi connectivity index (χ1n) is 8.63. The molecule has 1 fully saturated rings. The first kappa shape index (κ1) is 19.5. The number of nitrogens with one attached hydrogen (secondary N) is 1. The maximum atomic E-state index is 12.6. The minimum atomic E-state index is -0.495. The van der Waals surface area contributed by atoms with E-state index in [9.17, 15) is 19.2 Å². The maximum Gasteiger partial charge on any atom is 0.186 e. The van der Waals surface area contributed by atoms with Crippen LogP contribution in [-0.4, -0.2) is 30.2 Å². The van der Waals surface area contributed by atoms with Crippen molar-refractivity contribution in [3.05, 3.63) is 53.1 Å². The summed E-state index contributed by atoms with van der Waals surface area (Å²) in [7, 11) is 1.73. The SMILES string of the molecule is C/C=C1/CC(=O)CCC(/C=C/C(=O)c2cc(NC)ccc2C(C)=O)C1=O. The average Bonchev–Trinajstić information content (AvgIpc) is 2.77. The molecule has 0 amide bonds. The predicted molar refractivity (Wildman–Crippen MR) is 101 cm³/mol. The van der Waals surface area contributed by atoms with Gasteiger partial charge in [-0.05, 0) is 50.1 Å². The number of carbonyl (C=O) groups is 4. The summed E-state index contributed by atoms with van der Waals surface area (Å²) in [4.78, 5) is 48.7. The van der Waals surface area contributed by atoms with E-state index in [1.807, 2.05) is 0 Å². The fourth-order valence-electron chi connectivity index (χ4n) is 3.01. The van der Waals surface area contributed by atoms with Crippen LogP contribution < -0.4 is 5.32 Å².